The summed E-state index contributed by atoms with van der Waals surface area (Å²) in [5, 5.41) is 2.55. The van der Waals surface area contributed by atoms with E-state index in [1.54, 1.807) is 24.3 Å². The molecule has 0 saturated heterocycles. The molecule has 0 bridgehead atoms. The van der Waals surface area contributed by atoms with Gasteiger partial charge in [0.25, 0.3) is 5.91 Å². The summed E-state index contributed by atoms with van der Waals surface area (Å²) in [6.07, 6.45) is 0. The standard InChI is InChI=1S/C23H25NO7/c1-14(18(21(26)29-2)22(27)30-3)19(23(28)31-4)24-20(25)17-12-10-16(11-13-17)15-8-6-5-7-9-15/h5-14,18-19H,1-4H3,(H,24,25)/t14-,19+/m1/s1. The van der Waals surface area contributed by atoms with Gasteiger partial charge in [0.05, 0.1) is 21.3 Å². The Hall–Kier alpha value is -3.68. The molecule has 0 fully saturated rings. The maximum atomic E-state index is 12.8. The van der Waals surface area contributed by atoms with Crippen LogP contribution in [0, 0.1) is 11.8 Å². The van der Waals surface area contributed by atoms with Crippen molar-refractivity contribution in [2.24, 2.45) is 11.8 Å². The van der Waals surface area contributed by atoms with Crippen molar-refractivity contribution in [1.82, 2.24) is 5.32 Å². The van der Waals surface area contributed by atoms with Crippen LogP contribution >= 0.6 is 0 Å². The Morgan fingerprint density at radius 2 is 1.19 bits per heavy atom. The van der Waals surface area contributed by atoms with Crippen molar-refractivity contribution in [3.05, 3.63) is 60.2 Å². The Bertz CT molecular complexity index is 909. The Morgan fingerprint density at radius 1 is 0.710 bits per heavy atom. The Labute approximate surface area is 180 Å². The molecule has 0 radical (unpaired) electrons. The predicted octanol–water partition coefficient (Wildman–Crippen LogP) is 2.22. The van der Waals surface area contributed by atoms with Crippen molar-refractivity contribution in [2.45, 2.75) is 13.0 Å². The molecule has 0 spiro atoms. The Morgan fingerprint density at radius 3 is 1.68 bits per heavy atom. The zero-order valence-corrected chi connectivity index (χ0v) is 17.8. The van der Waals surface area contributed by atoms with Gasteiger partial charge in [-0.1, -0.05) is 49.4 Å². The molecule has 1 N–H and O–H groups in total. The summed E-state index contributed by atoms with van der Waals surface area (Å²) >= 11 is 0. The average molecular weight is 427 g/mol. The van der Waals surface area contributed by atoms with Crippen LogP contribution in [0.25, 0.3) is 11.1 Å². The maximum Gasteiger partial charge on any atom is 0.328 e. The van der Waals surface area contributed by atoms with E-state index in [2.05, 4.69) is 14.8 Å². The summed E-state index contributed by atoms with van der Waals surface area (Å²) in [5.74, 6) is -5.53. The maximum absolute atomic E-state index is 12.8. The number of nitrogens with one attached hydrogen (secondary N) is 1. The number of benzene rings is 2. The quantitative estimate of drug-likeness (QED) is 0.391. The summed E-state index contributed by atoms with van der Waals surface area (Å²) in [6, 6.07) is 15.2. The number of esters is 3. The number of amides is 1. The molecule has 164 valence electrons. The van der Waals surface area contributed by atoms with E-state index in [1.807, 2.05) is 30.3 Å². The first kappa shape index (κ1) is 23.6. The van der Waals surface area contributed by atoms with Crippen LogP contribution in [0.1, 0.15) is 17.3 Å². The smallest absolute Gasteiger partial charge is 0.328 e. The zero-order chi connectivity index (χ0) is 23.0. The normalized spacial score (nSPS) is 12.4. The van der Waals surface area contributed by atoms with Crippen molar-refractivity contribution >= 4 is 23.8 Å². The van der Waals surface area contributed by atoms with Crippen molar-refractivity contribution in [3.8, 4) is 11.1 Å². The van der Waals surface area contributed by atoms with Crippen LogP contribution in [0.5, 0.6) is 0 Å². The van der Waals surface area contributed by atoms with E-state index in [4.69, 9.17) is 4.74 Å². The minimum Gasteiger partial charge on any atom is -0.468 e. The molecule has 2 atom stereocenters. The van der Waals surface area contributed by atoms with Crippen LogP contribution in [0.15, 0.2) is 54.6 Å². The number of hydrogen-bond donors (Lipinski definition) is 1. The third-order valence-corrected chi connectivity index (χ3v) is 4.96. The molecule has 2 aromatic rings. The minimum absolute atomic E-state index is 0.300. The van der Waals surface area contributed by atoms with Crippen molar-refractivity contribution < 1.29 is 33.4 Å². The third kappa shape index (κ3) is 5.69. The first-order valence-corrected chi connectivity index (χ1v) is 9.53. The summed E-state index contributed by atoms with van der Waals surface area (Å²) < 4.78 is 14.1. The fraction of sp³-hybridized carbons (Fsp3) is 0.304. The Balaban J connectivity index is 2.25. The molecule has 0 aliphatic carbocycles. The molecule has 0 aliphatic rings. The molecular weight excluding hydrogens is 402 g/mol. The van der Waals surface area contributed by atoms with Crippen LogP contribution in [0.3, 0.4) is 0 Å². The SMILES string of the molecule is COC(=O)C(C(=O)OC)[C@@H](C)[C@H](NC(=O)c1ccc(-c2ccccc2)cc1)C(=O)OC. The van der Waals surface area contributed by atoms with Gasteiger partial charge in [-0.3, -0.25) is 14.4 Å². The largest absolute Gasteiger partial charge is 0.468 e. The minimum atomic E-state index is -1.42. The summed E-state index contributed by atoms with van der Waals surface area (Å²) in [7, 11) is 3.38. The summed E-state index contributed by atoms with van der Waals surface area (Å²) in [5.41, 5.74) is 2.22. The van der Waals surface area contributed by atoms with Gasteiger partial charge < -0.3 is 19.5 Å². The fourth-order valence-corrected chi connectivity index (χ4v) is 3.17. The molecule has 8 heteroatoms. The number of carbonyl (C=O) groups is 4. The molecule has 8 nitrogen and oxygen atoms in total. The van der Waals surface area contributed by atoms with Crippen LogP contribution in [-0.4, -0.2) is 51.2 Å². The van der Waals surface area contributed by atoms with Crippen molar-refractivity contribution in [3.63, 3.8) is 0 Å². The number of hydrogen-bond acceptors (Lipinski definition) is 7. The lowest BCUT2D eigenvalue weighted by molar-refractivity contribution is -0.162. The molecule has 0 saturated carbocycles. The lowest BCUT2D eigenvalue weighted by atomic mass is 9.87. The highest BCUT2D eigenvalue weighted by molar-refractivity contribution is 5.99. The van der Waals surface area contributed by atoms with Crippen LogP contribution in [-0.2, 0) is 28.6 Å². The highest BCUT2D eigenvalue weighted by Crippen LogP contribution is 2.22. The van der Waals surface area contributed by atoms with Crippen LogP contribution in [0.4, 0.5) is 0 Å². The second-order valence-corrected chi connectivity index (χ2v) is 6.80. The summed E-state index contributed by atoms with van der Waals surface area (Å²) in [4.78, 5) is 49.3. The van der Waals surface area contributed by atoms with E-state index >= 15 is 0 Å². The van der Waals surface area contributed by atoms with Gasteiger partial charge in [-0.15, -0.1) is 0 Å². The van der Waals surface area contributed by atoms with E-state index in [0.29, 0.717) is 5.56 Å². The van der Waals surface area contributed by atoms with Crippen LogP contribution in [0.2, 0.25) is 0 Å². The van der Waals surface area contributed by atoms with Gasteiger partial charge in [-0.25, -0.2) is 4.79 Å². The topological polar surface area (TPSA) is 108 Å². The summed E-state index contributed by atoms with van der Waals surface area (Å²) in [6.45, 7) is 1.46. The fourth-order valence-electron chi connectivity index (χ4n) is 3.17. The predicted molar refractivity (Wildman–Crippen MR) is 112 cm³/mol. The number of ether oxygens (including phenoxy) is 3. The van der Waals surface area contributed by atoms with E-state index in [-0.39, 0.29) is 0 Å². The molecule has 0 heterocycles. The van der Waals surface area contributed by atoms with Gasteiger partial charge in [-0.2, -0.15) is 0 Å². The average Bonchev–Trinajstić information content (AvgIpc) is 2.82. The molecular formula is C23H25NO7. The lowest BCUT2D eigenvalue weighted by Gasteiger charge is -2.27. The second-order valence-electron chi connectivity index (χ2n) is 6.80. The number of carbonyl (C=O) groups excluding carboxylic acids is 4. The van der Waals surface area contributed by atoms with E-state index in [0.717, 1.165) is 32.5 Å². The third-order valence-electron chi connectivity index (χ3n) is 4.96. The van der Waals surface area contributed by atoms with E-state index in [1.165, 1.54) is 6.92 Å². The highest BCUT2D eigenvalue weighted by Gasteiger charge is 2.42. The first-order valence-electron chi connectivity index (χ1n) is 9.53. The van der Waals surface area contributed by atoms with E-state index < -0.39 is 41.7 Å². The van der Waals surface area contributed by atoms with Gasteiger partial charge in [0.2, 0.25) is 0 Å². The first-order chi connectivity index (χ1) is 14.8. The van der Waals surface area contributed by atoms with Gasteiger partial charge in [-0.05, 0) is 23.3 Å². The zero-order valence-electron chi connectivity index (χ0n) is 17.8. The van der Waals surface area contributed by atoms with Crippen molar-refractivity contribution in [1.29, 1.82) is 0 Å². The van der Waals surface area contributed by atoms with Gasteiger partial charge in [0, 0.05) is 11.5 Å². The molecule has 0 unspecified atom stereocenters. The molecule has 1 amide bonds. The lowest BCUT2D eigenvalue weighted by Crippen LogP contribution is -2.51. The molecule has 2 aromatic carbocycles. The van der Waals surface area contributed by atoms with Gasteiger partial charge >= 0.3 is 17.9 Å². The van der Waals surface area contributed by atoms with E-state index in [9.17, 15) is 19.2 Å². The number of rotatable bonds is 8. The Kier molecular flexibility index (Phi) is 8.31. The van der Waals surface area contributed by atoms with Crippen molar-refractivity contribution in [2.75, 3.05) is 21.3 Å². The molecule has 2 rings (SSSR count). The molecule has 0 aliphatic heterocycles. The number of methoxy groups -OCH3 is 3. The monoisotopic (exact) mass is 427 g/mol. The second kappa shape index (κ2) is 10.9. The molecule has 0 aromatic heterocycles. The highest BCUT2D eigenvalue weighted by atomic mass is 16.5. The van der Waals surface area contributed by atoms with Gasteiger partial charge in [0.1, 0.15) is 6.04 Å². The molecule has 31 heavy (non-hydrogen) atoms. The van der Waals surface area contributed by atoms with Gasteiger partial charge in [0.15, 0.2) is 5.92 Å². The van der Waals surface area contributed by atoms with Crippen LogP contribution < -0.4 is 5.32 Å².